The summed E-state index contributed by atoms with van der Waals surface area (Å²) in [5.41, 5.74) is 0.128. The van der Waals surface area contributed by atoms with Crippen molar-refractivity contribution in [1.29, 1.82) is 0 Å². The minimum Gasteiger partial charge on any atom is -0.280 e. The highest BCUT2D eigenvalue weighted by atomic mass is 32.2. The Labute approximate surface area is 147 Å². The number of hydrogen-bond donors (Lipinski definition) is 0. The number of hydrogen-bond acceptors (Lipinski definition) is 5. The summed E-state index contributed by atoms with van der Waals surface area (Å²) in [5, 5.41) is 0. The number of nitrogens with zero attached hydrogens (tertiary/aromatic N) is 4. The Morgan fingerprint density at radius 2 is 1.68 bits per heavy atom. The van der Waals surface area contributed by atoms with Gasteiger partial charge in [0.05, 0.1) is 10.5 Å². The van der Waals surface area contributed by atoms with Crippen molar-refractivity contribution in [1.82, 2.24) is 14.3 Å². The summed E-state index contributed by atoms with van der Waals surface area (Å²) >= 11 is 0. The molecule has 2 heterocycles. The first-order valence-corrected chi connectivity index (χ1v) is 9.60. The van der Waals surface area contributed by atoms with Crippen LogP contribution in [0.25, 0.3) is 0 Å². The van der Waals surface area contributed by atoms with Gasteiger partial charge in [0.1, 0.15) is 0 Å². The van der Waals surface area contributed by atoms with E-state index in [-0.39, 0.29) is 16.4 Å². The van der Waals surface area contributed by atoms with Crippen molar-refractivity contribution in [3.8, 4) is 0 Å². The number of carbonyl (C=O) groups excluding carboxylic acids is 1. The molecule has 1 aliphatic heterocycles. The zero-order valence-corrected chi connectivity index (χ0v) is 14.8. The summed E-state index contributed by atoms with van der Waals surface area (Å²) in [4.78, 5) is 22.2. The van der Waals surface area contributed by atoms with Crippen molar-refractivity contribution < 1.29 is 13.2 Å². The molecular weight excluding hydrogens is 340 g/mol. The molecule has 0 saturated carbocycles. The lowest BCUT2D eigenvalue weighted by molar-refractivity contribution is 0.0988. The highest BCUT2D eigenvalue weighted by Crippen LogP contribution is 2.25. The van der Waals surface area contributed by atoms with Gasteiger partial charge in [-0.05, 0) is 31.0 Å². The van der Waals surface area contributed by atoms with Gasteiger partial charge in [0.15, 0.2) is 0 Å². The van der Waals surface area contributed by atoms with Crippen LogP contribution in [0, 0.1) is 0 Å². The quantitative estimate of drug-likeness (QED) is 0.832. The normalized spacial score (nSPS) is 15.7. The molecule has 8 heteroatoms. The maximum atomic E-state index is 13.0. The Morgan fingerprint density at radius 1 is 1.04 bits per heavy atom. The van der Waals surface area contributed by atoms with Gasteiger partial charge in [0.2, 0.25) is 16.0 Å². The smallest absolute Gasteiger partial charge is 0.261 e. The third kappa shape index (κ3) is 3.54. The molecule has 2 aromatic rings. The number of benzene rings is 1. The van der Waals surface area contributed by atoms with Gasteiger partial charge >= 0.3 is 0 Å². The first kappa shape index (κ1) is 17.5. The first-order valence-electron chi connectivity index (χ1n) is 8.16. The fourth-order valence-electron chi connectivity index (χ4n) is 2.85. The topological polar surface area (TPSA) is 83.5 Å². The van der Waals surface area contributed by atoms with E-state index in [0.717, 1.165) is 19.3 Å². The Balaban J connectivity index is 1.97. The molecule has 0 bridgehead atoms. The molecule has 3 rings (SSSR count). The van der Waals surface area contributed by atoms with Crippen molar-refractivity contribution in [2.45, 2.75) is 24.2 Å². The maximum Gasteiger partial charge on any atom is 0.261 e. The molecule has 1 aromatic heterocycles. The highest BCUT2D eigenvalue weighted by molar-refractivity contribution is 7.89. The fourth-order valence-corrected chi connectivity index (χ4v) is 4.55. The van der Waals surface area contributed by atoms with Gasteiger partial charge in [0, 0.05) is 32.5 Å². The van der Waals surface area contributed by atoms with E-state index in [2.05, 4.69) is 9.97 Å². The van der Waals surface area contributed by atoms with E-state index >= 15 is 0 Å². The monoisotopic (exact) mass is 360 g/mol. The molecule has 1 saturated heterocycles. The van der Waals surface area contributed by atoms with Crippen molar-refractivity contribution in [3.63, 3.8) is 0 Å². The van der Waals surface area contributed by atoms with Crippen LogP contribution in [0.15, 0.2) is 47.6 Å². The summed E-state index contributed by atoms with van der Waals surface area (Å²) in [6, 6.07) is 7.95. The van der Waals surface area contributed by atoms with E-state index in [1.165, 1.54) is 40.8 Å². The number of carbonyl (C=O) groups is 1. The second kappa shape index (κ2) is 7.28. The van der Waals surface area contributed by atoms with Crippen LogP contribution in [0.1, 0.15) is 29.6 Å². The molecule has 1 aliphatic rings. The zero-order valence-electron chi connectivity index (χ0n) is 14.0. The van der Waals surface area contributed by atoms with Crippen LogP contribution in [-0.4, -0.2) is 48.7 Å². The minimum atomic E-state index is -3.71. The molecule has 0 spiro atoms. The Bertz CT molecular complexity index is 849. The standard InChI is InChI=1S/C17H20N4O3S/c1-20(17-18-10-7-11-19-17)16(22)14-8-3-4-9-15(14)25(23,24)21-12-5-2-6-13-21/h3-4,7-11H,2,5-6,12-13H2,1H3. The number of piperidine rings is 1. The Hall–Kier alpha value is -2.32. The highest BCUT2D eigenvalue weighted by Gasteiger charge is 2.31. The third-order valence-corrected chi connectivity index (χ3v) is 6.16. The Kier molecular flexibility index (Phi) is 5.10. The van der Waals surface area contributed by atoms with Gasteiger partial charge in [-0.2, -0.15) is 4.31 Å². The van der Waals surface area contributed by atoms with E-state index in [1.807, 2.05) is 0 Å². The Morgan fingerprint density at radius 3 is 2.36 bits per heavy atom. The molecular formula is C17H20N4O3S. The second-order valence-corrected chi connectivity index (χ2v) is 7.78. The SMILES string of the molecule is CN(C(=O)c1ccccc1S(=O)(=O)N1CCCCC1)c1ncccn1. The zero-order chi connectivity index (χ0) is 17.9. The van der Waals surface area contributed by atoms with Crippen LogP contribution in [0.5, 0.6) is 0 Å². The molecule has 132 valence electrons. The molecule has 1 fully saturated rings. The second-order valence-electron chi connectivity index (χ2n) is 5.87. The van der Waals surface area contributed by atoms with Crippen LogP contribution < -0.4 is 4.90 Å². The van der Waals surface area contributed by atoms with Crippen molar-refractivity contribution in [3.05, 3.63) is 48.3 Å². The number of sulfonamides is 1. The largest absolute Gasteiger partial charge is 0.280 e. The van der Waals surface area contributed by atoms with Gasteiger partial charge in [-0.3, -0.25) is 9.69 Å². The van der Waals surface area contributed by atoms with Crippen LogP contribution in [0.3, 0.4) is 0 Å². The van der Waals surface area contributed by atoms with Crippen LogP contribution in [-0.2, 0) is 10.0 Å². The lowest BCUT2D eigenvalue weighted by Gasteiger charge is -2.27. The van der Waals surface area contributed by atoms with Gasteiger partial charge in [-0.15, -0.1) is 0 Å². The maximum absolute atomic E-state index is 13.0. The molecule has 0 unspecified atom stereocenters. The molecule has 0 aliphatic carbocycles. The number of aromatic nitrogens is 2. The van der Waals surface area contributed by atoms with E-state index in [1.54, 1.807) is 18.2 Å². The van der Waals surface area contributed by atoms with Crippen LogP contribution in [0.4, 0.5) is 5.95 Å². The first-order chi connectivity index (χ1) is 12.0. The predicted octanol–water partition coefficient (Wildman–Crippen LogP) is 1.93. The molecule has 7 nitrogen and oxygen atoms in total. The summed E-state index contributed by atoms with van der Waals surface area (Å²) in [7, 11) is -2.18. The van der Waals surface area contributed by atoms with Crippen molar-refractivity contribution in [2.75, 3.05) is 25.0 Å². The molecule has 1 amide bonds. The summed E-state index contributed by atoms with van der Waals surface area (Å²) < 4.78 is 27.5. The molecule has 0 radical (unpaired) electrons. The molecule has 1 aromatic carbocycles. The van der Waals surface area contributed by atoms with Gasteiger partial charge in [-0.25, -0.2) is 18.4 Å². The summed E-state index contributed by atoms with van der Waals surface area (Å²) in [6.07, 6.45) is 5.77. The van der Waals surface area contributed by atoms with E-state index in [0.29, 0.717) is 13.1 Å². The molecule has 25 heavy (non-hydrogen) atoms. The van der Waals surface area contributed by atoms with E-state index in [9.17, 15) is 13.2 Å². The number of rotatable bonds is 4. The van der Waals surface area contributed by atoms with Gasteiger partial charge < -0.3 is 0 Å². The molecule has 0 N–H and O–H groups in total. The average molecular weight is 360 g/mol. The van der Waals surface area contributed by atoms with E-state index in [4.69, 9.17) is 0 Å². The average Bonchev–Trinajstić information content (AvgIpc) is 2.68. The van der Waals surface area contributed by atoms with Gasteiger partial charge in [-0.1, -0.05) is 18.6 Å². The van der Waals surface area contributed by atoms with Crippen LogP contribution >= 0.6 is 0 Å². The van der Waals surface area contributed by atoms with Crippen LogP contribution in [0.2, 0.25) is 0 Å². The van der Waals surface area contributed by atoms with Crippen molar-refractivity contribution in [2.24, 2.45) is 0 Å². The molecule has 0 atom stereocenters. The fraction of sp³-hybridized carbons (Fsp3) is 0.353. The van der Waals surface area contributed by atoms with Crippen molar-refractivity contribution >= 4 is 21.9 Å². The summed E-state index contributed by atoms with van der Waals surface area (Å²) in [5.74, 6) is -0.236. The number of amides is 1. The lowest BCUT2D eigenvalue weighted by atomic mass is 10.2. The van der Waals surface area contributed by atoms with E-state index < -0.39 is 15.9 Å². The summed E-state index contributed by atoms with van der Waals surface area (Å²) in [6.45, 7) is 0.977. The lowest BCUT2D eigenvalue weighted by Crippen LogP contribution is -2.37. The number of anilines is 1. The minimum absolute atomic E-state index is 0.0321. The third-order valence-electron chi connectivity index (χ3n) is 4.21. The predicted molar refractivity (Wildman–Crippen MR) is 93.8 cm³/mol. The van der Waals surface area contributed by atoms with Gasteiger partial charge in [0.25, 0.3) is 5.91 Å².